The number of hydrogen-bond donors (Lipinski definition) is 3. The summed E-state index contributed by atoms with van der Waals surface area (Å²) >= 11 is 0. The molecule has 23 heavy (non-hydrogen) atoms. The quantitative estimate of drug-likeness (QED) is 0.578. The average Bonchev–Trinajstić information content (AvgIpc) is 2.41. The molecule has 0 saturated heterocycles. The molecule has 0 heterocycles. The van der Waals surface area contributed by atoms with E-state index >= 15 is 0 Å². The molecule has 4 nitrogen and oxygen atoms in total. The number of carboxylic acid groups (broad SMARTS) is 1. The zero-order valence-corrected chi connectivity index (χ0v) is 14.9. The van der Waals surface area contributed by atoms with Gasteiger partial charge in [0.25, 0.3) is 0 Å². The van der Waals surface area contributed by atoms with Gasteiger partial charge >= 0.3 is 5.97 Å². The molecule has 0 aliphatic carbocycles. The number of rotatable bonds is 4. The largest absolute Gasteiger partial charge is 0.502 e. The molecule has 0 amide bonds. The summed E-state index contributed by atoms with van der Waals surface area (Å²) < 4.78 is 0. The number of hydrogen-bond acceptors (Lipinski definition) is 3. The van der Waals surface area contributed by atoms with Crippen molar-refractivity contribution < 1.29 is 20.1 Å². The Morgan fingerprint density at radius 3 is 1.65 bits per heavy atom. The Morgan fingerprint density at radius 1 is 0.913 bits per heavy atom. The monoisotopic (exact) mass is 320 g/mol. The molecule has 0 fully saturated rings. The highest BCUT2D eigenvalue weighted by molar-refractivity contribution is 5.94. The van der Waals surface area contributed by atoms with Crippen LogP contribution in [-0.2, 0) is 15.6 Å². The van der Waals surface area contributed by atoms with E-state index in [1.807, 2.05) is 12.1 Å². The number of aliphatic carboxylic acids is 1. The molecule has 0 saturated carbocycles. The van der Waals surface area contributed by atoms with Crippen LogP contribution in [0.4, 0.5) is 0 Å². The Morgan fingerprint density at radius 2 is 1.35 bits per heavy atom. The van der Waals surface area contributed by atoms with E-state index < -0.39 is 11.7 Å². The van der Waals surface area contributed by atoms with Crippen LogP contribution in [0.25, 0.3) is 5.57 Å². The fraction of sp³-hybridized carbons (Fsp3) is 0.526. The maximum absolute atomic E-state index is 11.2. The second-order valence-corrected chi connectivity index (χ2v) is 7.90. The van der Waals surface area contributed by atoms with Gasteiger partial charge < -0.3 is 15.3 Å². The van der Waals surface area contributed by atoms with E-state index in [1.54, 1.807) is 0 Å². The second kappa shape index (κ2) is 6.75. The van der Waals surface area contributed by atoms with Crippen LogP contribution >= 0.6 is 0 Å². The summed E-state index contributed by atoms with van der Waals surface area (Å²) in [7, 11) is 0. The number of carbonyl (C=O) groups is 1. The Labute approximate surface area is 138 Å². The first kappa shape index (κ1) is 19.2. The topological polar surface area (TPSA) is 77.8 Å². The highest BCUT2D eigenvalue weighted by Crippen LogP contribution is 2.33. The molecule has 1 aromatic carbocycles. The molecule has 128 valence electrons. The van der Waals surface area contributed by atoms with Gasteiger partial charge in [0.05, 0.1) is 0 Å². The minimum Gasteiger partial charge on any atom is -0.502 e. The van der Waals surface area contributed by atoms with E-state index in [2.05, 4.69) is 47.6 Å². The van der Waals surface area contributed by atoms with Crippen LogP contribution in [0.2, 0.25) is 0 Å². The summed E-state index contributed by atoms with van der Waals surface area (Å²) in [5.74, 6) is -2.09. The zero-order valence-electron chi connectivity index (χ0n) is 14.9. The predicted octanol–water partition coefficient (Wildman–Crippen LogP) is 4.02. The number of aliphatic hydroxyl groups is 2. The zero-order chi connectivity index (χ0) is 18.0. The lowest BCUT2D eigenvalue weighted by Crippen LogP contribution is -2.17. The van der Waals surface area contributed by atoms with Crippen LogP contribution in [0.1, 0.15) is 64.7 Å². The third-order valence-corrected chi connectivity index (χ3v) is 3.86. The fourth-order valence-electron chi connectivity index (χ4n) is 2.31. The molecule has 0 bridgehead atoms. The first-order valence-electron chi connectivity index (χ1n) is 7.80. The number of aliphatic hydroxyl groups excluding tert-OH is 2. The van der Waals surface area contributed by atoms with Gasteiger partial charge in [-0.2, -0.15) is 0 Å². The average molecular weight is 320 g/mol. The van der Waals surface area contributed by atoms with Crippen molar-refractivity contribution in [3.05, 3.63) is 40.6 Å². The molecular formula is C19H28O4. The normalized spacial score (nSPS) is 13.7. The molecule has 0 spiro atoms. The Kier molecular flexibility index (Phi) is 5.65. The Bertz CT molecular complexity index is 581. The summed E-state index contributed by atoms with van der Waals surface area (Å²) in [6.07, 6.45) is 0.0926. The van der Waals surface area contributed by atoms with E-state index in [1.165, 1.54) is 0 Å². The minimum atomic E-state index is -1.38. The number of benzene rings is 1. The fourth-order valence-corrected chi connectivity index (χ4v) is 2.31. The summed E-state index contributed by atoms with van der Waals surface area (Å²) in [5.41, 5.74) is 2.81. The molecule has 4 heteroatoms. The van der Waals surface area contributed by atoms with Crippen LogP contribution in [0.3, 0.4) is 0 Å². The number of carboxylic acids is 1. The van der Waals surface area contributed by atoms with Crippen molar-refractivity contribution in [3.8, 4) is 0 Å². The molecule has 0 aromatic heterocycles. The molecule has 0 aliphatic heterocycles. The highest BCUT2D eigenvalue weighted by atomic mass is 16.4. The van der Waals surface area contributed by atoms with Crippen molar-refractivity contribution in [3.63, 3.8) is 0 Å². The van der Waals surface area contributed by atoms with E-state index in [9.17, 15) is 15.0 Å². The van der Waals surface area contributed by atoms with Crippen LogP contribution in [0.5, 0.6) is 0 Å². The van der Waals surface area contributed by atoms with Crippen LogP contribution in [-0.4, -0.2) is 27.9 Å². The van der Waals surface area contributed by atoms with Gasteiger partial charge in [0.15, 0.2) is 0 Å². The smallest absolute Gasteiger partial charge is 0.371 e. The van der Waals surface area contributed by atoms with Crippen molar-refractivity contribution in [2.45, 2.75) is 58.8 Å². The van der Waals surface area contributed by atoms with Gasteiger partial charge in [-0.3, -0.25) is 0 Å². The molecule has 1 aromatic rings. The molecule has 0 aliphatic rings. The van der Waals surface area contributed by atoms with E-state index in [-0.39, 0.29) is 29.4 Å². The second-order valence-electron chi connectivity index (χ2n) is 7.90. The van der Waals surface area contributed by atoms with Crippen LogP contribution in [0.15, 0.2) is 24.0 Å². The molecule has 0 unspecified atom stereocenters. The Balaban J connectivity index is 3.68. The van der Waals surface area contributed by atoms with Gasteiger partial charge in [0, 0.05) is 18.6 Å². The maximum Gasteiger partial charge on any atom is 0.371 e. The Hall–Kier alpha value is -1.81. The van der Waals surface area contributed by atoms with Crippen LogP contribution in [0, 0.1) is 0 Å². The van der Waals surface area contributed by atoms with Gasteiger partial charge in [0.1, 0.15) is 0 Å². The predicted molar refractivity (Wildman–Crippen MR) is 92.7 cm³/mol. The van der Waals surface area contributed by atoms with Crippen molar-refractivity contribution in [2.75, 3.05) is 6.61 Å². The maximum atomic E-state index is 11.2. The standard InChI is InChI=1S/C19H28O4/c1-18(2,3)13-9-12(10-14(11-13)19(4,5)6)15(7-8-20)16(21)17(22)23/h9-11,20-21H,7-8H2,1-6H3,(H,22,23). The van der Waals surface area contributed by atoms with Gasteiger partial charge in [-0.05, 0) is 27.5 Å². The first-order valence-corrected chi connectivity index (χ1v) is 7.80. The lowest BCUT2D eigenvalue weighted by atomic mass is 9.78. The van der Waals surface area contributed by atoms with Crippen molar-refractivity contribution in [2.24, 2.45) is 0 Å². The highest BCUT2D eigenvalue weighted by Gasteiger charge is 2.23. The van der Waals surface area contributed by atoms with Gasteiger partial charge in [0.2, 0.25) is 5.76 Å². The first-order chi connectivity index (χ1) is 10.4. The minimum absolute atomic E-state index is 0.0926. The molecule has 0 radical (unpaired) electrons. The van der Waals surface area contributed by atoms with Gasteiger partial charge in [-0.1, -0.05) is 59.7 Å². The van der Waals surface area contributed by atoms with Gasteiger partial charge in [-0.15, -0.1) is 0 Å². The van der Waals surface area contributed by atoms with Crippen molar-refractivity contribution >= 4 is 11.5 Å². The molecule has 0 atom stereocenters. The summed E-state index contributed by atoms with van der Waals surface area (Å²) in [5, 5.41) is 28.3. The third-order valence-electron chi connectivity index (χ3n) is 3.86. The van der Waals surface area contributed by atoms with Gasteiger partial charge in [-0.25, -0.2) is 4.79 Å². The molecule has 1 rings (SSSR count). The SMILES string of the molecule is CC(C)(C)c1cc(C(CCO)=C(O)C(=O)O)cc(C(C)(C)C)c1. The summed E-state index contributed by atoms with van der Waals surface area (Å²) in [6.45, 7) is 12.3. The lowest BCUT2D eigenvalue weighted by molar-refractivity contribution is -0.135. The van der Waals surface area contributed by atoms with Crippen molar-refractivity contribution in [1.29, 1.82) is 0 Å². The lowest BCUT2D eigenvalue weighted by Gasteiger charge is -2.26. The molecule has 3 N–H and O–H groups in total. The summed E-state index contributed by atoms with van der Waals surface area (Å²) in [4.78, 5) is 11.2. The van der Waals surface area contributed by atoms with E-state index in [0.29, 0.717) is 5.56 Å². The van der Waals surface area contributed by atoms with Crippen molar-refractivity contribution in [1.82, 2.24) is 0 Å². The van der Waals surface area contributed by atoms with Crippen LogP contribution < -0.4 is 0 Å². The third kappa shape index (κ3) is 4.83. The van der Waals surface area contributed by atoms with E-state index in [4.69, 9.17) is 5.11 Å². The molecular weight excluding hydrogens is 292 g/mol. The van der Waals surface area contributed by atoms with E-state index in [0.717, 1.165) is 11.1 Å². The summed E-state index contributed by atoms with van der Waals surface area (Å²) in [6, 6.07) is 5.93.